The third kappa shape index (κ3) is 2.94. The lowest BCUT2D eigenvalue weighted by Gasteiger charge is -2.38. The average Bonchev–Trinajstić information content (AvgIpc) is 3.08. The van der Waals surface area contributed by atoms with E-state index in [0.29, 0.717) is 13.2 Å². The van der Waals surface area contributed by atoms with E-state index >= 15 is 0 Å². The Labute approximate surface area is 125 Å². The number of nitrogens with zero attached hydrogens (tertiary/aromatic N) is 2. The number of ether oxygens (including phenoxy) is 2. The first-order chi connectivity index (χ1) is 10.3. The maximum atomic E-state index is 12.9. The zero-order valence-electron chi connectivity index (χ0n) is 12.5. The smallest absolute Gasteiger partial charge is 0.254 e. The SMILES string of the molecule is CCc1cnccc1C(=O)N1CCCC[C@H]1C1OCCO1. The quantitative estimate of drug-likeness (QED) is 0.854. The molecule has 2 fully saturated rings. The molecule has 0 spiro atoms. The number of carbonyl (C=O) groups is 1. The minimum atomic E-state index is -0.263. The van der Waals surface area contributed by atoms with Gasteiger partial charge in [-0.2, -0.15) is 0 Å². The predicted molar refractivity (Wildman–Crippen MR) is 78.0 cm³/mol. The maximum absolute atomic E-state index is 12.9. The zero-order valence-corrected chi connectivity index (χ0v) is 12.5. The normalized spacial score (nSPS) is 23.5. The molecular weight excluding hydrogens is 268 g/mol. The number of pyridine rings is 1. The number of hydrogen-bond acceptors (Lipinski definition) is 4. The van der Waals surface area contributed by atoms with Gasteiger partial charge in [0.05, 0.1) is 19.3 Å². The topological polar surface area (TPSA) is 51.7 Å². The van der Waals surface area contributed by atoms with Crippen LogP contribution in [0.15, 0.2) is 18.5 Å². The van der Waals surface area contributed by atoms with E-state index < -0.39 is 0 Å². The third-order valence-corrected chi connectivity index (χ3v) is 4.29. The highest BCUT2D eigenvalue weighted by Crippen LogP contribution is 2.26. The first-order valence-corrected chi connectivity index (χ1v) is 7.78. The third-order valence-electron chi connectivity index (χ3n) is 4.29. The van der Waals surface area contributed by atoms with Crippen molar-refractivity contribution in [3.8, 4) is 0 Å². The monoisotopic (exact) mass is 290 g/mol. The number of likely N-dealkylation sites (tertiary alicyclic amines) is 1. The Hall–Kier alpha value is -1.46. The molecule has 2 aliphatic rings. The number of amides is 1. The summed E-state index contributed by atoms with van der Waals surface area (Å²) in [6, 6.07) is 1.86. The van der Waals surface area contributed by atoms with Crippen LogP contribution >= 0.6 is 0 Å². The second-order valence-corrected chi connectivity index (χ2v) is 5.56. The number of piperidine rings is 1. The number of carbonyl (C=O) groups excluding carboxylic acids is 1. The Morgan fingerprint density at radius 2 is 2.19 bits per heavy atom. The standard InChI is InChI=1S/C16H22N2O3/c1-2-12-11-17-7-6-13(12)15(19)18-8-4-3-5-14(18)16-20-9-10-21-16/h6-7,11,14,16H,2-5,8-10H2,1H3/t14-/m0/s1. The molecule has 5 heteroatoms. The van der Waals surface area contributed by atoms with Crippen molar-refractivity contribution in [3.63, 3.8) is 0 Å². The highest BCUT2D eigenvalue weighted by Gasteiger charge is 2.36. The van der Waals surface area contributed by atoms with Crippen molar-refractivity contribution in [2.75, 3.05) is 19.8 Å². The van der Waals surface area contributed by atoms with Crippen molar-refractivity contribution in [3.05, 3.63) is 29.6 Å². The Morgan fingerprint density at radius 1 is 1.38 bits per heavy atom. The van der Waals surface area contributed by atoms with E-state index in [-0.39, 0.29) is 18.2 Å². The molecule has 1 aromatic heterocycles. The number of aryl methyl sites for hydroxylation is 1. The summed E-state index contributed by atoms with van der Waals surface area (Å²) in [7, 11) is 0. The molecule has 3 heterocycles. The van der Waals surface area contributed by atoms with Gasteiger partial charge in [0, 0.05) is 24.5 Å². The fourth-order valence-electron chi connectivity index (χ4n) is 3.16. The Morgan fingerprint density at radius 3 is 2.95 bits per heavy atom. The molecule has 21 heavy (non-hydrogen) atoms. The summed E-state index contributed by atoms with van der Waals surface area (Å²) in [5.41, 5.74) is 1.76. The molecule has 114 valence electrons. The molecule has 2 saturated heterocycles. The minimum Gasteiger partial charge on any atom is -0.348 e. The molecule has 1 amide bonds. The van der Waals surface area contributed by atoms with Gasteiger partial charge in [-0.05, 0) is 37.3 Å². The van der Waals surface area contributed by atoms with E-state index in [4.69, 9.17) is 9.47 Å². The van der Waals surface area contributed by atoms with Crippen LogP contribution in [0.3, 0.4) is 0 Å². The summed E-state index contributed by atoms with van der Waals surface area (Å²) in [6.07, 6.45) is 7.13. The summed E-state index contributed by atoms with van der Waals surface area (Å²) in [4.78, 5) is 19.0. The summed E-state index contributed by atoms with van der Waals surface area (Å²) >= 11 is 0. The predicted octanol–water partition coefficient (Wildman–Crippen LogP) is 2.01. The second kappa shape index (κ2) is 6.54. The molecular formula is C16H22N2O3. The molecule has 5 nitrogen and oxygen atoms in total. The fourth-order valence-corrected chi connectivity index (χ4v) is 3.16. The lowest BCUT2D eigenvalue weighted by molar-refractivity contribution is -0.100. The molecule has 1 aromatic rings. The molecule has 0 unspecified atom stereocenters. The maximum Gasteiger partial charge on any atom is 0.254 e. The van der Waals surface area contributed by atoms with Gasteiger partial charge >= 0.3 is 0 Å². The Bertz CT molecular complexity index is 500. The van der Waals surface area contributed by atoms with Crippen LogP contribution in [0.2, 0.25) is 0 Å². The number of hydrogen-bond donors (Lipinski definition) is 0. The van der Waals surface area contributed by atoms with Crippen molar-refractivity contribution in [1.29, 1.82) is 0 Å². The largest absolute Gasteiger partial charge is 0.348 e. The van der Waals surface area contributed by atoms with Crippen LogP contribution in [-0.4, -0.2) is 47.9 Å². The van der Waals surface area contributed by atoms with Crippen LogP contribution < -0.4 is 0 Å². The second-order valence-electron chi connectivity index (χ2n) is 5.56. The average molecular weight is 290 g/mol. The van der Waals surface area contributed by atoms with Gasteiger partial charge in [0.15, 0.2) is 6.29 Å². The number of aromatic nitrogens is 1. The Balaban J connectivity index is 1.83. The van der Waals surface area contributed by atoms with Crippen LogP contribution in [0, 0.1) is 0 Å². The fraction of sp³-hybridized carbons (Fsp3) is 0.625. The molecule has 1 atom stereocenters. The van der Waals surface area contributed by atoms with Crippen LogP contribution in [-0.2, 0) is 15.9 Å². The lowest BCUT2D eigenvalue weighted by atomic mass is 9.99. The summed E-state index contributed by atoms with van der Waals surface area (Å²) < 4.78 is 11.3. The lowest BCUT2D eigenvalue weighted by Crippen LogP contribution is -2.50. The van der Waals surface area contributed by atoms with Crippen molar-refractivity contribution in [1.82, 2.24) is 9.88 Å². The first kappa shape index (κ1) is 14.5. The van der Waals surface area contributed by atoms with Crippen molar-refractivity contribution < 1.29 is 14.3 Å². The van der Waals surface area contributed by atoms with E-state index in [9.17, 15) is 4.79 Å². The number of rotatable bonds is 3. The van der Waals surface area contributed by atoms with Gasteiger partial charge in [-0.3, -0.25) is 9.78 Å². The van der Waals surface area contributed by atoms with Crippen LogP contribution in [0.4, 0.5) is 0 Å². The molecule has 0 aromatic carbocycles. The van der Waals surface area contributed by atoms with Gasteiger partial charge in [-0.15, -0.1) is 0 Å². The molecule has 0 N–H and O–H groups in total. The van der Waals surface area contributed by atoms with Gasteiger partial charge in [-0.25, -0.2) is 0 Å². The van der Waals surface area contributed by atoms with E-state index in [1.807, 2.05) is 17.9 Å². The summed E-state index contributed by atoms with van der Waals surface area (Å²) in [6.45, 7) is 4.07. The molecule has 0 bridgehead atoms. The zero-order chi connectivity index (χ0) is 14.7. The Kier molecular flexibility index (Phi) is 4.51. The molecule has 3 rings (SSSR count). The molecule has 2 aliphatic heterocycles. The molecule has 0 radical (unpaired) electrons. The van der Waals surface area contributed by atoms with E-state index in [2.05, 4.69) is 4.98 Å². The van der Waals surface area contributed by atoms with Crippen LogP contribution in [0.25, 0.3) is 0 Å². The van der Waals surface area contributed by atoms with E-state index in [1.165, 1.54) is 0 Å². The van der Waals surface area contributed by atoms with E-state index in [1.54, 1.807) is 12.4 Å². The first-order valence-electron chi connectivity index (χ1n) is 7.78. The van der Waals surface area contributed by atoms with Gasteiger partial charge in [0.1, 0.15) is 0 Å². The molecule has 0 saturated carbocycles. The van der Waals surface area contributed by atoms with Crippen LogP contribution in [0.1, 0.15) is 42.1 Å². The highest BCUT2D eigenvalue weighted by molar-refractivity contribution is 5.95. The molecule has 0 aliphatic carbocycles. The van der Waals surface area contributed by atoms with Gasteiger partial charge < -0.3 is 14.4 Å². The highest BCUT2D eigenvalue weighted by atomic mass is 16.7. The van der Waals surface area contributed by atoms with Gasteiger partial charge in [0.2, 0.25) is 0 Å². The van der Waals surface area contributed by atoms with Crippen molar-refractivity contribution in [2.45, 2.75) is 44.9 Å². The minimum absolute atomic E-state index is 0.0339. The van der Waals surface area contributed by atoms with Crippen molar-refractivity contribution >= 4 is 5.91 Å². The van der Waals surface area contributed by atoms with Crippen LogP contribution in [0.5, 0.6) is 0 Å². The summed E-state index contributed by atoms with van der Waals surface area (Å²) in [5, 5.41) is 0. The van der Waals surface area contributed by atoms with Gasteiger partial charge in [-0.1, -0.05) is 6.92 Å². The summed E-state index contributed by atoms with van der Waals surface area (Å²) in [5.74, 6) is 0.0815. The van der Waals surface area contributed by atoms with Crippen molar-refractivity contribution in [2.24, 2.45) is 0 Å². The van der Waals surface area contributed by atoms with Gasteiger partial charge in [0.25, 0.3) is 5.91 Å². The van der Waals surface area contributed by atoms with E-state index in [0.717, 1.165) is 43.4 Å².